The van der Waals surface area contributed by atoms with E-state index < -0.39 is 52.5 Å². The summed E-state index contributed by atoms with van der Waals surface area (Å²) >= 11 is 0.843. The van der Waals surface area contributed by atoms with E-state index in [1.54, 1.807) is 0 Å². The molecule has 1 aromatic rings. The molecule has 2 aliphatic rings. The first kappa shape index (κ1) is 16.1. The summed E-state index contributed by atoms with van der Waals surface area (Å²) in [5.74, 6) is -5.90. The predicted octanol–water partition coefficient (Wildman–Crippen LogP) is 0.417. The van der Waals surface area contributed by atoms with Crippen molar-refractivity contribution in [3.63, 3.8) is 0 Å². The fourth-order valence-electron chi connectivity index (χ4n) is 3.30. The summed E-state index contributed by atoms with van der Waals surface area (Å²) in [6.07, 6.45) is -4.72. The number of carbonyl (C=O) groups is 2. The van der Waals surface area contributed by atoms with E-state index in [2.05, 4.69) is 10.2 Å². The molecular weight excluding hydrogens is 341 g/mol. The molecule has 12 heteroatoms. The van der Waals surface area contributed by atoms with Gasteiger partial charge in [-0.2, -0.15) is 13.2 Å². The molecule has 0 amide bonds. The van der Waals surface area contributed by atoms with Crippen LogP contribution >= 0.6 is 11.8 Å². The van der Waals surface area contributed by atoms with Gasteiger partial charge in [0.15, 0.2) is 5.16 Å². The van der Waals surface area contributed by atoms with E-state index in [1.807, 2.05) is 4.98 Å². The van der Waals surface area contributed by atoms with Gasteiger partial charge in [-0.3, -0.25) is 9.59 Å². The normalized spacial score (nSPS) is 35.8. The molecule has 2 fully saturated rings. The molecule has 0 radical (unpaired) electrons. The second kappa shape index (κ2) is 4.84. The Balaban J connectivity index is 1.80. The standard InChI is InChI=1S/C11H11F3N4O4S/c12-11(13,14)7-16-9(18-17-7)23-2-1-10(15,8(21)22)5-3(2)4(5)6(19)20/h2-5H,1,15H2,(H,19,20)(H,21,22)(H,16,17,18)/t2-,3+,4+,5+,10+/m1/s1. The molecule has 0 aliphatic heterocycles. The number of nitrogens with zero attached hydrogens (tertiary/aromatic N) is 2. The number of hydrogen-bond acceptors (Lipinski definition) is 6. The van der Waals surface area contributed by atoms with E-state index in [0.717, 1.165) is 11.8 Å². The first-order valence-electron chi connectivity index (χ1n) is 6.47. The molecule has 0 unspecified atom stereocenters. The molecule has 2 saturated carbocycles. The van der Waals surface area contributed by atoms with Crippen LogP contribution in [-0.4, -0.2) is 48.1 Å². The van der Waals surface area contributed by atoms with Crippen LogP contribution in [-0.2, 0) is 15.8 Å². The number of fused-ring (bicyclic) bond motifs is 1. The molecule has 0 aromatic carbocycles. The molecular formula is C11H11F3N4O4S. The smallest absolute Gasteiger partial charge is 0.451 e. The monoisotopic (exact) mass is 352 g/mol. The lowest BCUT2D eigenvalue weighted by molar-refractivity contribution is -0.146. The minimum absolute atomic E-state index is 0.0475. The molecule has 5 N–H and O–H groups in total. The quantitative estimate of drug-likeness (QED) is 0.610. The van der Waals surface area contributed by atoms with E-state index in [0.29, 0.717) is 0 Å². The van der Waals surface area contributed by atoms with Gasteiger partial charge in [0.25, 0.3) is 0 Å². The van der Waals surface area contributed by atoms with E-state index in [1.165, 1.54) is 0 Å². The molecule has 1 heterocycles. The zero-order valence-corrected chi connectivity index (χ0v) is 12.1. The van der Waals surface area contributed by atoms with Crippen LogP contribution in [0.1, 0.15) is 12.2 Å². The van der Waals surface area contributed by atoms with Crippen molar-refractivity contribution in [1.29, 1.82) is 0 Å². The number of aromatic nitrogens is 3. The Morgan fingerprint density at radius 3 is 2.48 bits per heavy atom. The van der Waals surface area contributed by atoms with Crippen LogP contribution in [0.3, 0.4) is 0 Å². The van der Waals surface area contributed by atoms with Crippen molar-refractivity contribution in [2.24, 2.45) is 23.5 Å². The second-order valence-corrected chi connectivity index (χ2v) is 6.88. The number of carboxylic acid groups (broad SMARTS) is 2. The van der Waals surface area contributed by atoms with Crippen LogP contribution in [0.25, 0.3) is 0 Å². The number of rotatable bonds is 4. The molecule has 1 aromatic heterocycles. The number of aromatic amines is 1. The van der Waals surface area contributed by atoms with E-state index in [9.17, 15) is 27.9 Å². The maximum Gasteiger partial charge on any atom is 0.451 e. The largest absolute Gasteiger partial charge is 0.481 e. The number of aliphatic carboxylic acids is 2. The number of nitrogens with one attached hydrogen (secondary N) is 1. The average Bonchev–Trinajstić information content (AvgIpc) is 2.88. The van der Waals surface area contributed by atoms with Crippen LogP contribution in [0.4, 0.5) is 13.2 Å². The zero-order valence-electron chi connectivity index (χ0n) is 11.2. The van der Waals surface area contributed by atoms with Crippen molar-refractivity contribution < 1.29 is 33.0 Å². The van der Waals surface area contributed by atoms with Crippen LogP contribution in [0.15, 0.2) is 5.16 Å². The van der Waals surface area contributed by atoms with E-state index >= 15 is 0 Å². The zero-order chi connectivity index (χ0) is 17.2. The Morgan fingerprint density at radius 2 is 2.00 bits per heavy atom. The molecule has 3 rings (SSSR count). The number of thioether (sulfide) groups is 1. The van der Waals surface area contributed by atoms with Crippen molar-refractivity contribution >= 4 is 23.7 Å². The van der Waals surface area contributed by atoms with Gasteiger partial charge in [0.2, 0.25) is 5.82 Å². The molecule has 0 bridgehead atoms. The Kier molecular flexibility index (Phi) is 3.38. The summed E-state index contributed by atoms with van der Waals surface area (Å²) in [5.41, 5.74) is 4.14. The highest BCUT2D eigenvalue weighted by molar-refractivity contribution is 7.99. The number of H-pyrrole nitrogens is 1. The second-order valence-electron chi connectivity index (χ2n) is 5.65. The molecule has 2 aliphatic carbocycles. The molecule has 126 valence electrons. The minimum atomic E-state index is -4.67. The highest BCUT2D eigenvalue weighted by atomic mass is 32.2. The Labute approximate surface area is 130 Å². The topological polar surface area (TPSA) is 142 Å². The van der Waals surface area contributed by atoms with Crippen LogP contribution in [0.2, 0.25) is 0 Å². The van der Waals surface area contributed by atoms with Gasteiger partial charge in [0.05, 0.1) is 5.92 Å². The first-order valence-corrected chi connectivity index (χ1v) is 7.35. The van der Waals surface area contributed by atoms with Crippen molar-refractivity contribution in [2.45, 2.75) is 28.5 Å². The maximum atomic E-state index is 12.5. The summed E-state index contributed by atoms with van der Waals surface area (Å²) in [4.78, 5) is 24.5. The van der Waals surface area contributed by atoms with E-state index in [-0.39, 0.29) is 11.6 Å². The lowest BCUT2D eigenvalue weighted by Gasteiger charge is -2.23. The van der Waals surface area contributed by atoms with Gasteiger partial charge in [0.1, 0.15) is 5.54 Å². The fraction of sp³-hybridized carbons (Fsp3) is 0.636. The third-order valence-electron chi connectivity index (χ3n) is 4.32. The highest BCUT2D eigenvalue weighted by Gasteiger charge is 2.74. The summed E-state index contributed by atoms with van der Waals surface area (Å²) in [6, 6.07) is 0. The van der Waals surface area contributed by atoms with Crippen LogP contribution < -0.4 is 5.73 Å². The Bertz CT molecular complexity index is 680. The first-order chi connectivity index (χ1) is 10.6. The van der Waals surface area contributed by atoms with Gasteiger partial charge in [-0.15, -0.1) is 10.2 Å². The summed E-state index contributed by atoms with van der Waals surface area (Å²) < 4.78 is 37.4. The summed E-state index contributed by atoms with van der Waals surface area (Å²) in [7, 11) is 0. The van der Waals surface area contributed by atoms with Gasteiger partial charge >= 0.3 is 18.1 Å². The van der Waals surface area contributed by atoms with Crippen molar-refractivity contribution in [1.82, 2.24) is 15.2 Å². The van der Waals surface area contributed by atoms with Gasteiger partial charge in [-0.05, 0) is 12.3 Å². The number of carboxylic acids is 2. The molecule has 23 heavy (non-hydrogen) atoms. The summed E-state index contributed by atoms with van der Waals surface area (Å²) in [5, 5.41) is 24.0. The third kappa shape index (κ3) is 2.45. The maximum absolute atomic E-state index is 12.5. The Morgan fingerprint density at radius 1 is 1.35 bits per heavy atom. The lowest BCUT2D eigenvalue weighted by atomic mass is 9.91. The van der Waals surface area contributed by atoms with Crippen molar-refractivity contribution in [2.75, 3.05) is 0 Å². The summed E-state index contributed by atoms with van der Waals surface area (Å²) in [6.45, 7) is 0. The van der Waals surface area contributed by atoms with Crippen molar-refractivity contribution in [3.05, 3.63) is 5.82 Å². The van der Waals surface area contributed by atoms with E-state index in [4.69, 9.17) is 10.8 Å². The SMILES string of the molecule is N[C@@]1(C(=O)O)C[C@@H](Sc2nnc(C(F)(F)F)[nH]2)[C@H]2[C@H](C(=O)O)[C@H]21. The molecule has 5 atom stereocenters. The number of alkyl halides is 3. The van der Waals surface area contributed by atoms with Gasteiger partial charge in [-0.1, -0.05) is 11.8 Å². The average molecular weight is 352 g/mol. The third-order valence-corrected chi connectivity index (χ3v) is 5.51. The van der Waals surface area contributed by atoms with Gasteiger partial charge < -0.3 is 20.9 Å². The number of nitrogens with two attached hydrogens (primary N) is 1. The number of hydrogen-bond donors (Lipinski definition) is 4. The predicted molar refractivity (Wildman–Crippen MR) is 68.3 cm³/mol. The van der Waals surface area contributed by atoms with Gasteiger partial charge in [0, 0.05) is 11.2 Å². The minimum Gasteiger partial charge on any atom is -0.481 e. The fourth-order valence-corrected chi connectivity index (χ4v) is 4.69. The highest BCUT2D eigenvalue weighted by Crippen LogP contribution is 2.65. The molecule has 0 saturated heterocycles. The Hall–Kier alpha value is -1.82. The van der Waals surface area contributed by atoms with Crippen LogP contribution in [0.5, 0.6) is 0 Å². The molecule has 0 spiro atoms. The number of halogens is 3. The van der Waals surface area contributed by atoms with Gasteiger partial charge in [-0.25, -0.2) is 0 Å². The molecule has 8 nitrogen and oxygen atoms in total. The van der Waals surface area contributed by atoms with Crippen molar-refractivity contribution in [3.8, 4) is 0 Å². The van der Waals surface area contributed by atoms with Crippen LogP contribution in [0, 0.1) is 17.8 Å². The lowest BCUT2D eigenvalue weighted by Crippen LogP contribution is -2.50.